The van der Waals surface area contributed by atoms with E-state index in [-0.39, 0.29) is 11.3 Å². The summed E-state index contributed by atoms with van der Waals surface area (Å²) in [6.45, 7) is 9.39. The largest absolute Gasteiger partial charge is 0.507 e. The number of aliphatic hydroxyl groups excluding tert-OH is 1. The zero-order valence-electron chi connectivity index (χ0n) is 17.8. The number of hydrogen-bond donors (Lipinski definition) is 1. The molecule has 0 radical (unpaired) electrons. The number of rotatable bonds is 8. The Balaban J connectivity index is 2.00. The average Bonchev–Trinajstić information content (AvgIpc) is 3.02. The monoisotopic (exact) mass is 407 g/mol. The number of likely N-dealkylation sites (tertiary alicyclic amines) is 1. The van der Waals surface area contributed by atoms with Gasteiger partial charge in [0.15, 0.2) is 0 Å². The van der Waals surface area contributed by atoms with Gasteiger partial charge in [-0.15, -0.1) is 0 Å². The highest BCUT2D eigenvalue weighted by Gasteiger charge is 2.45. The minimum atomic E-state index is -0.641. The van der Waals surface area contributed by atoms with Crippen LogP contribution in [-0.4, -0.2) is 57.8 Å². The van der Waals surface area contributed by atoms with Gasteiger partial charge in [0.05, 0.1) is 11.6 Å². The number of hydrogen-bond acceptors (Lipinski definition) is 5. The molecule has 0 spiro atoms. The molecule has 1 aliphatic rings. The van der Waals surface area contributed by atoms with E-state index in [9.17, 15) is 14.7 Å². The molecule has 1 aromatic heterocycles. The summed E-state index contributed by atoms with van der Waals surface area (Å²) in [4.78, 5) is 33.7. The van der Waals surface area contributed by atoms with Crippen LogP contribution in [0.1, 0.15) is 43.0 Å². The van der Waals surface area contributed by atoms with Gasteiger partial charge in [0.25, 0.3) is 11.7 Å². The van der Waals surface area contributed by atoms with Gasteiger partial charge in [0.1, 0.15) is 5.76 Å². The van der Waals surface area contributed by atoms with Crippen molar-refractivity contribution < 1.29 is 14.7 Å². The van der Waals surface area contributed by atoms with Crippen molar-refractivity contribution in [2.24, 2.45) is 0 Å². The van der Waals surface area contributed by atoms with Crippen molar-refractivity contribution in [3.63, 3.8) is 0 Å². The molecule has 6 heteroatoms. The van der Waals surface area contributed by atoms with E-state index in [2.05, 4.69) is 23.7 Å². The zero-order valence-corrected chi connectivity index (χ0v) is 17.8. The van der Waals surface area contributed by atoms with Crippen molar-refractivity contribution >= 4 is 17.4 Å². The van der Waals surface area contributed by atoms with Gasteiger partial charge in [-0.3, -0.25) is 14.6 Å². The van der Waals surface area contributed by atoms with Gasteiger partial charge in [-0.25, -0.2) is 0 Å². The summed E-state index contributed by atoms with van der Waals surface area (Å²) >= 11 is 0. The predicted molar refractivity (Wildman–Crippen MR) is 117 cm³/mol. The summed E-state index contributed by atoms with van der Waals surface area (Å²) in [5, 5.41) is 10.9. The van der Waals surface area contributed by atoms with Crippen molar-refractivity contribution in [1.29, 1.82) is 0 Å². The molecule has 3 rings (SSSR count). The second kappa shape index (κ2) is 9.67. The fraction of sp³-hybridized carbons (Fsp3) is 0.375. The van der Waals surface area contributed by atoms with Crippen molar-refractivity contribution in [2.75, 3.05) is 26.2 Å². The molecule has 1 unspecified atom stereocenters. The summed E-state index contributed by atoms with van der Waals surface area (Å²) < 4.78 is 0. The van der Waals surface area contributed by atoms with E-state index in [4.69, 9.17) is 0 Å². The van der Waals surface area contributed by atoms with E-state index >= 15 is 0 Å². The molecule has 1 N–H and O–H groups in total. The van der Waals surface area contributed by atoms with Crippen molar-refractivity contribution in [3.05, 3.63) is 71.1 Å². The fourth-order valence-electron chi connectivity index (χ4n) is 3.88. The summed E-state index contributed by atoms with van der Waals surface area (Å²) in [6.07, 6.45) is 3.86. The molecule has 1 aliphatic heterocycles. The number of amides is 1. The number of nitrogens with zero attached hydrogens (tertiary/aromatic N) is 3. The Morgan fingerprint density at radius 3 is 2.30 bits per heavy atom. The average molecular weight is 408 g/mol. The highest BCUT2D eigenvalue weighted by atomic mass is 16.3. The third-order valence-corrected chi connectivity index (χ3v) is 5.65. The highest BCUT2D eigenvalue weighted by Crippen LogP contribution is 2.39. The maximum atomic E-state index is 13.0. The number of Topliss-reactive ketones (excluding diaryl/α,β-unsaturated/α-hetero) is 1. The highest BCUT2D eigenvalue weighted by molar-refractivity contribution is 6.46. The number of carbonyl (C=O) groups excluding carboxylic acids is 2. The Morgan fingerprint density at radius 1 is 1.07 bits per heavy atom. The van der Waals surface area contributed by atoms with E-state index in [1.54, 1.807) is 29.4 Å². The first-order valence-corrected chi connectivity index (χ1v) is 10.5. The Morgan fingerprint density at radius 2 is 1.70 bits per heavy atom. The second-order valence-corrected chi connectivity index (χ2v) is 7.52. The van der Waals surface area contributed by atoms with Gasteiger partial charge >= 0.3 is 0 Å². The first kappa shape index (κ1) is 21.7. The molecule has 2 aromatic rings. The number of ketones is 1. The van der Waals surface area contributed by atoms with Crippen molar-refractivity contribution in [3.8, 4) is 0 Å². The van der Waals surface area contributed by atoms with Gasteiger partial charge < -0.3 is 14.9 Å². The number of benzene rings is 1. The van der Waals surface area contributed by atoms with Crippen LogP contribution in [0.5, 0.6) is 0 Å². The lowest BCUT2D eigenvalue weighted by Crippen LogP contribution is -2.33. The van der Waals surface area contributed by atoms with E-state index in [0.29, 0.717) is 12.1 Å². The lowest BCUT2D eigenvalue weighted by atomic mass is 9.95. The van der Waals surface area contributed by atoms with Gasteiger partial charge in [-0.05, 0) is 50.7 Å². The number of aliphatic hydroxyl groups is 1. The first-order chi connectivity index (χ1) is 14.5. The molecule has 6 nitrogen and oxygen atoms in total. The maximum Gasteiger partial charge on any atom is 0.295 e. The van der Waals surface area contributed by atoms with Gasteiger partial charge in [0.2, 0.25) is 0 Å². The SMILES string of the molecule is CCN(CC)CCCN1C(=O)C(=O)/C(=C(/O)c2ccncc2)C1c1ccc(C)cc1. The fourth-order valence-corrected chi connectivity index (χ4v) is 3.88. The zero-order chi connectivity index (χ0) is 21.7. The minimum Gasteiger partial charge on any atom is -0.507 e. The van der Waals surface area contributed by atoms with Crippen LogP contribution in [0.15, 0.2) is 54.4 Å². The molecule has 1 aromatic carbocycles. The molecule has 1 saturated heterocycles. The van der Waals surface area contributed by atoms with Crippen LogP contribution in [0.2, 0.25) is 0 Å². The van der Waals surface area contributed by atoms with Crippen LogP contribution in [0.3, 0.4) is 0 Å². The first-order valence-electron chi connectivity index (χ1n) is 10.5. The standard InChI is InChI=1S/C24H29N3O3/c1-4-26(5-2)15-6-16-27-21(18-9-7-17(3)8-10-18)20(23(29)24(27)30)22(28)19-11-13-25-14-12-19/h7-14,21,28H,4-6,15-16H2,1-3H3/b22-20+. The van der Waals surface area contributed by atoms with Crippen LogP contribution >= 0.6 is 0 Å². The Labute approximate surface area is 177 Å². The second-order valence-electron chi connectivity index (χ2n) is 7.52. The van der Waals surface area contributed by atoms with E-state index in [1.165, 1.54) is 0 Å². The quantitative estimate of drug-likeness (QED) is 0.412. The van der Waals surface area contributed by atoms with E-state index in [0.717, 1.165) is 37.2 Å². The van der Waals surface area contributed by atoms with Gasteiger partial charge in [-0.2, -0.15) is 0 Å². The molecule has 158 valence electrons. The molecule has 1 amide bonds. The molecule has 0 saturated carbocycles. The predicted octanol–water partition coefficient (Wildman–Crippen LogP) is 3.54. The summed E-state index contributed by atoms with van der Waals surface area (Å²) in [5.41, 5.74) is 2.52. The normalized spacial score (nSPS) is 18.4. The third kappa shape index (κ3) is 4.44. The Hall–Kier alpha value is -2.99. The van der Waals surface area contributed by atoms with Crippen molar-refractivity contribution in [2.45, 2.75) is 33.2 Å². The van der Waals surface area contributed by atoms with Crippen LogP contribution in [0.25, 0.3) is 5.76 Å². The molecule has 2 heterocycles. The lowest BCUT2D eigenvalue weighted by Gasteiger charge is -2.27. The van der Waals surface area contributed by atoms with Crippen LogP contribution in [-0.2, 0) is 9.59 Å². The Bertz CT molecular complexity index is 918. The smallest absolute Gasteiger partial charge is 0.295 e. The third-order valence-electron chi connectivity index (χ3n) is 5.65. The van der Waals surface area contributed by atoms with Gasteiger partial charge in [0, 0.05) is 24.5 Å². The van der Waals surface area contributed by atoms with E-state index in [1.807, 2.05) is 31.2 Å². The van der Waals surface area contributed by atoms with Crippen molar-refractivity contribution in [1.82, 2.24) is 14.8 Å². The lowest BCUT2D eigenvalue weighted by molar-refractivity contribution is -0.140. The molecular formula is C24H29N3O3. The number of pyridine rings is 1. The maximum absolute atomic E-state index is 13.0. The molecule has 30 heavy (non-hydrogen) atoms. The topological polar surface area (TPSA) is 73.7 Å². The molecule has 0 bridgehead atoms. The summed E-state index contributed by atoms with van der Waals surface area (Å²) in [6, 6.07) is 10.4. The number of carbonyl (C=O) groups is 2. The van der Waals surface area contributed by atoms with Crippen LogP contribution in [0.4, 0.5) is 0 Å². The number of aromatic nitrogens is 1. The molecule has 1 fully saturated rings. The molecule has 0 aliphatic carbocycles. The summed E-state index contributed by atoms with van der Waals surface area (Å²) in [5.74, 6) is -1.36. The Kier molecular flexibility index (Phi) is 7.00. The number of aryl methyl sites for hydroxylation is 1. The van der Waals surface area contributed by atoms with Crippen LogP contribution in [0, 0.1) is 6.92 Å². The minimum absolute atomic E-state index is 0.137. The van der Waals surface area contributed by atoms with Gasteiger partial charge in [-0.1, -0.05) is 43.7 Å². The summed E-state index contributed by atoms with van der Waals surface area (Å²) in [7, 11) is 0. The van der Waals surface area contributed by atoms with E-state index < -0.39 is 17.7 Å². The van der Waals surface area contributed by atoms with Crippen LogP contribution < -0.4 is 0 Å². The molecular weight excluding hydrogens is 378 g/mol. The molecule has 1 atom stereocenters.